The maximum absolute atomic E-state index is 13.7. The number of aromatic amines is 1. The Bertz CT molecular complexity index is 2730. The number of nitrogens with zero attached hydrogens (tertiary/aromatic N) is 1. The zero-order valence-electron chi connectivity index (χ0n) is 60.5. The van der Waals surface area contributed by atoms with Gasteiger partial charge >= 0.3 is 23.9 Å². The van der Waals surface area contributed by atoms with Crippen LogP contribution in [-0.4, -0.2) is 215 Å². The summed E-state index contributed by atoms with van der Waals surface area (Å²) in [7, 11) is 0. The van der Waals surface area contributed by atoms with Crippen LogP contribution in [0.25, 0.3) is 0 Å². The van der Waals surface area contributed by atoms with Crippen LogP contribution in [0.15, 0.2) is 12.5 Å². The number of aromatic nitrogens is 2. The van der Waals surface area contributed by atoms with Gasteiger partial charge in [0, 0.05) is 107 Å². The molecule has 0 saturated heterocycles. The van der Waals surface area contributed by atoms with Crippen LogP contribution in [0.1, 0.15) is 237 Å². The molecule has 1 fully saturated rings. The van der Waals surface area contributed by atoms with E-state index in [1.807, 2.05) is 0 Å². The number of carboxylic acid groups (broad SMARTS) is 4. The highest BCUT2D eigenvalue weighted by Gasteiger charge is 2.45. The monoisotopic (exact) mass is 1460 g/mol. The van der Waals surface area contributed by atoms with E-state index >= 15 is 0 Å². The molecule has 13 N–H and O–H groups in total. The summed E-state index contributed by atoms with van der Waals surface area (Å²) in [6.45, 7) is 1.23. The van der Waals surface area contributed by atoms with E-state index in [0.717, 1.165) is 63.5 Å². The molecule has 1 aliphatic rings. The average Bonchev–Trinajstić information content (AvgIpc) is 1.16. The van der Waals surface area contributed by atoms with Crippen LogP contribution in [0.4, 0.5) is 0 Å². The predicted molar refractivity (Wildman–Crippen MR) is 375 cm³/mol. The molecule has 1 saturated carbocycles. The molecule has 103 heavy (non-hydrogen) atoms. The van der Waals surface area contributed by atoms with Gasteiger partial charge in [-0.2, -0.15) is 0 Å². The van der Waals surface area contributed by atoms with Gasteiger partial charge < -0.3 is 76.5 Å². The molecule has 1 aromatic rings. The quantitative estimate of drug-likeness (QED) is 0.0377. The number of primary amides is 1. The van der Waals surface area contributed by atoms with Crippen molar-refractivity contribution in [2.75, 3.05) is 72.5 Å². The lowest BCUT2D eigenvalue weighted by atomic mass is 9.62. The number of aliphatic hydroxyl groups excluding tert-OH is 1. The van der Waals surface area contributed by atoms with Gasteiger partial charge in [0.05, 0.1) is 57.9 Å². The van der Waals surface area contributed by atoms with Crippen molar-refractivity contribution in [3.05, 3.63) is 18.2 Å². The number of carbonyl (C=O) groups excluding carboxylic acids is 10. The Kier molecular flexibility index (Phi) is 49.8. The molecule has 5 amide bonds. The van der Waals surface area contributed by atoms with Crippen LogP contribution in [0.5, 0.6) is 0 Å². The van der Waals surface area contributed by atoms with Crippen molar-refractivity contribution >= 4 is 82.3 Å². The first-order chi connectivity index (χ1) is 49.3. The van der Waals surface area contributed by atoms with Crippen LogP contribution < -0.4 is 32.3 Å². The highest BCUT2D eigenvalue weighted by Crippen LogP contribution is 2.46. The van der Waals surface area contributed by atoms with E-state index < -0.39 is 114 Å². The maximum atomic E-state index is 13.7. The number of nitrogens with two attached hydrogens (primary N) is 1. The number of hydrogen-bond donors (Lipinski definition) is 12. The fraction of sp³-hybridized carbons (Fsp3) is 0.764. The summed E-state index contributed by atoms with van der Waals surface area (Å²) in [6, 6.07) is -3.84. The molecule has 0 radical (unpaired) electrons. The fourth-order valence-electron chi connectivity index (χ4n) is 11.9. The molecule has 31 heteroatoms. The van der Waals surface area contributed by atoms with Crippen molar-refractivity contribution in [3.63, 3.8) is 0 Å². The summed E-state index contributed by atoms with van der Waals surface area (Å²) in [5, 5.41) is 60.7. The van der Waals surface area contributed by atoms with Gasteiger partial charge in [0.25, 0.3) is 0 Å². The van der Waals surface area contributed by atoms with Gasteiger partial charge in [-0.1, -0.05) is 89.9 Å². The molecule has 2 rings (SSSR count). The maximum Gasteiger partial charge on any atom is 0.326 e. The molecule has 1 heterocycles. The molecule has 584 valence electrons. The van der Waals surface area contributed by atoms with Crippen LogP contribution in [-0.2, 0) is 92.5 Å². The second kappa shape index (κ2) is 56.0. The molecule has 1 aliphatic carbocycles. The lowest BCUT2D eigenvalue weighted by molar-refractivity contribution is -0.145. The van der Waals surface area contributed by atoms with Crippen LogP contribution in [0.2, 0.25) is 0 Å². The van der Waals surface area contributed by atoms with E-state index in [0.29, 0.717) is 51.4 Å². The summed E-state index contributed by atoms with van der Waals surface area (Å²) < 4.78 is 21.5. The third kappa shape index (κ3) is 45.4. The third-order valence-electron chi connectivity index (χ3n) is 18.2. The highest BCUT2D eigenvalue weighted by molar-refractivity contribution is 5.93. The van der Waals surface area contributed by atoms with Gasteiger partial charge in [0.15, 0.2) is 5.78 Å². The number of carbonyl (C=O) groups is 14. The summed E-state index contributed by atoms with van der Waals surface area (Å²) in [5.74, 6) is -10.8. The lowest BCUT2D eigenvalue weighted by Crippen LogP contribution is -2.50. The summed E-state index contributed by atoms with van der Waals surface area (Å²) in [6.07, 6.45) is 20.0. The number of aliphatic carboxylic acids is 4. The minimum Gasteiger partial charge on any atom is -0.481 e. The van der Waals surface area contributed by atoms with Gasteiger partial charge in [-0.25, -0.2) is 14.6 Å². The zero-order valence-corrected chi connectivity index (χ0v) is 60.5. The summed E-state index contributed by atoms with van der Waals surface area (Å²) in [5.41, 5.74) is 5.43. The number of amides is 5. The van der Waals surface area contributed by atoms with Crippen LogP contribution in [0.3, 0.4) is 0 Å². The van der Waals surface area contributed by atoms with Crippen molar-refractivity contribution in [3.8, 4) is 0 Å². The van der Waals surface area contributed by atoms with Crippen molar-refractivity contribution in [2.45, 2.75) is 262 Å². The van der Waals surface area contributed by atoms with E-state index in [9.17, 15) is 87.5 Å². The highest BCUT2D eigenvalue weighted by atomic mass is 16.5. The zero-order chi connectivity index (χ0) is 76.1. The Labute approximate surface area is 604 Å². The van der Waals surface area contributed by atoms with Gasteiger partial charge in [0.2, 0.25) is 29.5 Å². The van der Waals surface area contributed by atoms with E-state index in [1.54, 1.807) is 6.20 Å². The summed E-state index contributed by atoms with van der Waals surface area (Å²) in [4.78, 5) is 181. The molecule has 0 unspecified atom stereocenters. The largest absolute Gasteiger partial charge is 0.481 e. The minimum atomic E-state index is -1.50. The molecule has 31 nitrogen and oxygen atoms in total. The Balaban J connectivity index is 1.54. The Morgan fingerprint density at radius 3 is 1.61 bits per heavy atom. The van der Waals surface area contributed by atoms with E-state index in [-0.39, 0.29) is 172 Å². The molecule has 0 aromatic carbocycles. The second-order valence-electron chi connectivity index (χ2n) is 26.9. The Morgan fingerprint density at radius 1 is 0.515 bits per heavy atom. The van der Waals surface area contributed by atoms with Crippen molar-refractivity contribution in [1.82, 2.24) is 36.6 Å². The van der Waals surface area contributed by atoms with Crippen molar-refractivity contribution < 1.29 is 112 Å². The first-order valence-corrected chi connectivity index (χ1v) is 36.9. The number of unbranched alkanes of at least 4 members (excludes halogenated alkanes) is 14. The van der Waals surface area contributed by atoms with Gasteiger partial charge in [-0.05, 0) is 84.0 Å². The first-order valence-electron chi connectivity index (χ1n) is 36.9. The average molecular weight is 1460 g/mol. The number of hydrogen-bond acceptors (Lipinski definition) is 21. The molecular weight excluding hydrogens is 1340 g/mol. The van der Waals surface area contributed by atoms with Crippen molar-refractivity contribution in [1.29, 1.82) is 0 Å². The number of carboxylic acids is 4. The topological polar surface area (TPSA) is 492 Å². The molecular formula is C72H118N8O23. The molecule has 0 aliphatic heterocycles. The number of ether oxygens (including phenoxy) is 4. The Hall–Kier alpha value is -7.45. The number of ketones is 5. The number of H-pyrrole nitrogens is 1. The molecule has 0 spiro atoms. The second-order valence-corrected chi connectivity index (χ2v) is 26.9. The van der Waals surface area contributed by atoms with Crippen LogP contribution in [0, 0.1) is 17.3 Å². The lowest BCUT2D eigenvalue weighted by Gasteiger charge is -2.40. The summed E-state index contributed by atoms with van der Waals surface area (Å²) >= 11 is 0. The first kappa shape index (κ1) is 91.6. The third-order valence-corrected chi connectivity index (χ3v) is 18.2. The van der Waals surface area contributed by atoms with E-state index in [2.05, 4.69) is 36.6 Å². The number of rotatable bonds is 70. The van der Waals surface area contributed by atoms with Crippen LogP contribution >= 0.6 is 0 Å². The number of aryl methyl sites for hydroxylation is 1. The smallest absolute Gasteiger partial charge is 0.326 e. The standard InChI is InChI=1S/C72H118N8O23/c1-51(81)67(68(73)93)77-47-60(85)52(24-31-61(86)72(34-19-35-72)45-56(83)27-26-54-46-74-50-78-54)20-16-17-36-75-62(87)33-30-59(71(98)99)80-64(89)32-25-53(69(94)95)44-57(84)48-102-42-41-101-39-37-76-65(90)49-103-43-40-100-38-18-21-55(82)28-29-58(70(96)97)79-63(88)22-14-12-10-8-6-4-2-3-5-7-9-11-13-15-23-66(91)92/h46,50-53,58-59,67,77,81H,2-45,47-49H2,1H3,(H2,73,93)(H,74,78)(H,75,87)(H,76,90)(H,79,88)(H,80,89)(H,91,92)(H,94,95)(H,96,97)(H,98,99)/t51-,52-,53-,58+,59+,67+/m1/s1. The molecule has 1 aromatic heterocycles. The molecule has 0 bridgehead atoms. The number of imidazole rings is 1. The molecule has 6 atom stereocenters. The predicted octanol–water partition coefficient (Wildman–Crippen LogP) is 5.11. The number of aliphatic hydroxyl groups is 1. The SMILES string of the molecule is C[C@@H](O)[C@H](NCC(=O)[C@H](CCCCNC(=O)CC[C@H](NC(=O)CC[C@H](CC(=O)COCCOCCNC(=O)COCCOCCCC(=O)CC[C@H](NC(=O)CCCCCCCCCCCCCCCCC(=O)O)C(=O)O)C(=O)O)C(=O)O)CCC(=O)C1(CC(=O)CCc2cnc[nH]2)CCC1)C(N)=O. The van der Waals surface area contributed by atoms with Gasteiger partial charge in [-0.3, -0.25) is 62.9 Å². The van der Waals surface area contributed by atoms with E-state index in [1.165, 1.54) is 45.4 Å². The number of Topliss-reactive ketones (excluding diaryl/α,β-unsaturated/α-hetero) is 5. The minimum absolute atomic E-state index is 0.00650. The van der Waals surface area contributed by atoms with Gasteiger partial charge in [-0.15, -0.1) is 0 Å². The van der Waals surface area contributed by atoms with Gasteiger partial charge in [0.1, 0.15) is 54.5 Å². The van der Waals surface area contributed by atoms with Crippen molar-refractivity contribution in [2.24, 2.45) is 23.0 Å². The normalized spacial score (nSPS) is 14.2. The van der Waals surface area contributed by atoms with E-state index in [4.69, 9.17) is 29.8 Å². The Morgan fingerprint density at radius 2 is 1.06 bits per heavy atom. The fourth-order valence-corrected chi connectivity index (χ4v) is 11.9. The number of nitrogens with one attached hydrogen (secondary N) is 6.